The van der Waals surface area contributed by atoms with Crippen molar-refractivity contribution in [2.24, 2.45) is 0 Å². The molecule has 0 spiro atoms. The van der Waals surface area contributed by atoms with Gasteiger partial charge in [0.1, 0.15) is 0 Å². The Morgan fingerprint density at radius 2 is 1.71 bits per heavy atom. The second-order valence-corrected chi connectivity index (χ2v) is 8.83. The lowest BCUT2D eigenvalue weighted by Crippen LogP contribution is -2.42. The number of anilines is 1. The van der Waals surface area contributed by atoms with Crippen LogP contribution in [0.25, 0.3) is 0 Å². The van der Waals surface area contributed by atoms with Gasteiger partial charge in [0.2, 0.25) is 0 Å². The van der Waals surface area contributed by atoms with Crippen LogP contribution in [0.1, 0.15) is 33.9 Å². The maximum Gasteiger partial charge on any atom is 0.319 e. The molecule has 0 radical (unpaired) electrons. The van der Waals surface area contributed by atoms with Gasteiger partial charge in [-0.2, -0.15) is 0 Å². The highest BCUT2D eigenvalue weighted by atomic mass is 16.5. The number of hydrogen-bond donors (Lipinski definition) is 2. The van der Waals surface area contributed by atoms with Crippen LogP contribution in [0.3, 0.4) is 0 Å². The molecule has 178 valence electrons. The van der Waals surface area contributed by atoms with Crippen molar-refractivity contribution in [2.45, 2.75) is 32.9 Å². The normalized spacial score (nSPS) is 15.4. The third-order valence-corrected chi connectivity index (χ3v) is 6.35. The van der Waals surface area contributed by atoms with E-state index in [9.17, 15) is 4.79 Å². The number of carbonyl (C=O) groups is 1. The minimum atomic E-state index is -0.216. The van der Waals surface area contributed by atoms with Crippen LogP contribution in [0, 0.1) is 13.8 Å². The number of ether oxygens (including phenoxy) is 2. The standard InChI is InChI=1S/C28H33N3O3/c1-19-8-10-23(11-9-19)30-28(32)29-17-25-24-16-27(34-4)26(33-3)15-22(24)12-13-31(25)18-21-7-5-6-20(2)14-21/h5-11,14-16,25H,12-13,17-18H2,1-4H3,(H2,29,30,32)/t25-/m1/s1. The molecule has 0 bridgehead atoms. The Balaban J connectivity index is 1.57. The van der Waals surface area contributed by atoms with Gasteiger partial charge in [-0.15, -0.1) is 0 Å². The van der Waals surface area contributed by atoms with Crippen molar-refractivity contribution in [1.29, 1.82) is 0 Å². The highest BCUT2D eigenvalue weighted by molar-refractivity contribution is 5.89. The first-order valence-electron chi connectivity index (χ1n) is 11.6. The van der Waals surface area contributed by atoms with Crippen molar-refractivity contribution in [3.05, 3.63) is 88.5 Å². The van der Waals surface area contributed by atoms with Crippen LogP contribution >= 0.6 is 0 Å². The molecule has 0 unspecified atom stereocenters. The lowest BCUT2D eigenvalue weighted by molar-refractivity contribution is 0.172. The summed E-state index contributed by atoms with van der Waals surface area (Å²) in [6.07, 6.45) is 0.910. The summed E-state index contributed by atoms with van der Waals surface area (Å²) in [6.45, 7) is 6.31. The summed E-state index contributed by atoms with van der Waals surface area (Å²) in [5, 5.41) is 6.02. The average molecular weight is 460 g/mol. The number of benzene rings is 3. The third kappa shape index (κ3) is 5.51. The van der Waals surface area contributed by atoms with E-state index in [1.54, 1.807) is 14.2 Å². The molecular weight excluding hydrogens is 426 g/mol. The summed E-state index contributed by atoms with van der Waals surface area (Å²) in [7, 11) is 3.31. The number of fused-ring (bicyclic) bond motifs is 1. The van der Waals surface area contributed by atoms with Crippen LogP contribution in [0.15, 0.2) is 60.7 Å². The Labute approximate surface area is 201 Å². The molecule has 4 rings (SSSR count). The molecule has 1 atom stereocenters. The Morgan fingerprint density at radius 3 is 2.41 bits per heavy atom. The molecule has 1 heterocycles. The van der Waals surface area contributed by atoms with Crippen LogP contribution < -0.4 is 20.1 Å². The molecule has 2 N–H and O–H groups in total. The third-order valence-electron chi connectivity index (χ3n) is 6.35. The zero-order valence-corrected chi connectivity index (χ0v) is 20.4. The maximum absolute atomic E-state index is 12.7. The summed E-state index contributed by atoms with van der Waals surface area (Å²) >= 11 is 0. The van der Waals surface area contributed by atoms with Gasteiger partial charge in [-0.25, -0.2) is 4.79 Å². The first-order valence-corrected chi connectivity index (χ1v) is 11.6. The van der Waals surface area contributed by atoms with Crippen LogP contribution in [-0.4, -0.2) is 38.2 Å². The maximum atomic E-state index is 12.7. The molecule has 3 aromatic rings. The molecule has 0 saturated carbocycles. The van der Waals surface area contributed by atoms with E-state index in [1.807, 2.05) is 31.2 Å². The van der Waals surface area contributed by atoms with E-state index in [-0.39, 0.29) is 12.1 Å². The molecule has 3 aromatic carbocycles. The van der Waals surface area contributed by atoms with Crippen LogP contribution in [0.5, 0.6) is 11.5 Å². The SMILES string of the molecule is COc1cc2c(cc1OC)[C@@H](CNC(=O)Nc1ccc(C)cc1)N(Cc1cccc(C)c1)CC2. The predicted molar refractivity (Wildman–Crippen MR) is 136 cm³/mol. The molecule has 0 aromatic heterocycles. The molecule has 6 nitrogen and oxygen atoms in total. The van der Waals surface area contributed by atoms with Crippen LogP contribution in [-0.2, 0) is 13.0 Å². The Morgan fingerprint density at radius 1 is 0.971 bits per heavy atom. The minimum absolute atomic E-state index is 0.00726. The van der Waals surface area contributed by atoms with Gasteiger partial charge in [0.15, 0.2) is 11.5 Å². The average Bonchev–Trinajstić information content (AvgIpc) is 2.84. The zero-order chi connectivity index (χ0) is 24.1. The second-order valence-electron chi connectivity index (χ2n) is 8.83. The molecule has 6 heteroatoms. The van der Waals surface area contributed by atoms with E-state index in [1.165, 1.54) is 16.7 Å². The second kappa shape index (κ2) is 10.6. The van der Waals surface area contributed by atoms with Gasteiger partial charge in [-0.05, 0) is 61.2 Å². The summed E-state index contributed by atoms with van der Waals surface area (Å²) in [6, 6.07) is 20.3. The Kier molecular flexibility index (Phi) is 7.38. The van der Waals surface area contributed by atoms with Gasteiger partial charge in [-0.1, -0.05) is 47.5 Å². The van der Waals surface area contributed by atoms with Crippen molar-refractivity contribution in [1.82, 2.24) is 10.2 Å². The van der Waals surface area contributed by atoms with Crippen molar-refractivity contribution >= 4 is 11.7 Å². The largest absolute Gasteiger partial charge is 0.493 e. The number of urea groups is 1. The number of methoxy groups -OCH3 is 2. The smallest absolute Gasteiger partial charge is 0.319 e. The van der Waals surface area contributed by atoms with Crippen LogP contribution in [0.2, 0.25) is 0 Å². The summed E-state index contributed by atoms with van der Waals surface area (Å²) in [4.78, 5) is 15.1. The fourth-order valence-corrected chi connectivity index (χ4v) is 4.55. The van der Waals surface area contributed by atoms with E-state index in [2.05, 4.69) is 58.9 Å². The molecule has 34 heavy (non-hydrogen) atoms. The molecule has 0 fully saturated rings. The fourth-order valence-electron chi connectivity index (χ4n) is 4.55. The Hall–Kier alpha value is -3.51. The number of nitrogens with zero attached hydrogens (tertiary/aromatic N) is 1. The van der Waals surface area contributed by atoms with E-state index in [0.717, 1.165) is 42.1 Å². The first-order chi connectivity index (χ1) is 16.5. The number of nitrogens with one attached hydrogen (secondary N) is 2. The summed E-state index contributed by atoms with van der Waals surface area (Å²) < 4.78 is 11.1. The minimum Gasteiger partial charge on any atom is -0.493 e. The monoisotopic (exact) mass is 459 g/mol. The Bertz CT molecular complexity index is 1140. The van der Waals surface area contributed by atoms with E-state index < -0.39 is 0 Å². The highest BCUT2D eigenvalue weighted by Gasteiger charge is 2.29. The molecule has 1 aliphatic rings. The molecule has 1 aliphatic heterocycles. The summed E-state index contributed by atoms with van der Waals surface area (Å²) in [5.41, 5.74) is 6.82. The van der Waals surface area contributed by atoms with Gasteiger partial charge < -0.3 is 20.1 Å². The van der Waals surface area contributed by atoms with Gasteiger partial charge in [0, 0.05) is 25.3 Å². The zero-order valence-electron chi connectivity index (χ0n) is 20.4. The van der Waals surface area contributed by atoms with E-state index >= 15 is 0 Å². The highest BCUT2D eigenvalue weighted by Crippen LogP contribution is 2.38. The lowest BCUT2D eigenvalue weighted by Gasteiger charge is -2.38. The molecule has 0 saturated heterocycles. The number of carbonyl (C=O) groups excluding carboxylic acids is 1. The van der Waals surface area contributed by atoms with E-state index in [0.29, 0.717) is 12.3 Å². The van der Waals surface area contributed by atoms with Gasteiger partial charge in [-0.3, -0.25) is 4.90 Å². The van der Waals surface area contributed by atoms with Crippen molar-refractivity contribution in [2.75, 3.05) is 32.6 Å². The lowest BCUT2D eigenvalue weighted by atomic mass is 9.91. The number of amides is 2. The quantitative estimate of drug-likeness (QED) is 0.507. The van der Waals surface area contributed by atoms with Crippen molar-refractivity contribution in [3.8, 4) is 11.5 Å². The predicted octanol–water partition coefficient (Wildman–Crippen LogP) is 5.24. The van der Waals surface area contributed by atoms with Gasteiger partial charge in [0.05, 0.1) is 20.3 Å². The van der Waals surface area contributed by atoms with Gasteiger partial charge in [0.25, 0.3) is 0 Å². The number of hydrogen-bond acceptors (Lipinski definition) is 4. The topological polar surface area (TPSA) is 62.8 Å². The van der Waals surface area contributed by atoms with E-state index in [4.69, 9.17) is 9.47 Å². The van der Waals surface area contributed by atoms with Crippen LogP contribution in [0.4, 0.5) is 10.5 Å². The molecule has 0 aliphatic carbocycles. The first kappa shape index (κ1) is 23.6. The molecule has 2 amide bonds. The number of aryl methyl sites for hydroxylation is 2. The molecular formula is C28H33N3O3. The van der Waals surface area contributed by atoms with Gasteiger partial charge >= 0.3 is 6.03 Å². The van der Waals surface area contributed by atoms with Crippen molar-refractivity contribution in [3.63, 3.8) is 0 Å². The summed E-state index contributed by atoms with van der Waals surface area (Å²) in [5.74, 6) is 1.44. The fraction of sp³-hybridized carbons (Fsp3) is 0.321. The number of rotatable bonds is 7. The van der Waals surface area contributed by atoms with Crippen molar-refractivity contribution < 1.29 is 14.3 Å².